The molecule has 0 aliphatic carbocycles. The molecule has 4 nitrogen and oxygen atoms in total. The van der Waals surface area contributed by atoms with Gasteiger partial charge in [0.2, 0.25) is 0 Å². The summed E-state index contributed by atoms with van der Waals surface area (Å²) in [6.45, 7) is 33.6. The molecule has 3 heterocycles. The van der Waals surface area contributed by atoms with Gasteiger partial charge in [-0.3, -0.25) is 0 Å². The SMILES string of the molecule is CC(C)(C)c1ccc(-c2cc3ccnc(-c4[c-]c(N(c5ccccc5)c5cc(-c6cc(C(C)(C)C)cc(C(C)(C)C)c6)cc(-c6cc(C(C)(C)C)cc(C(C)(C)C)c6O)n5)ccc4)c3s2)cc1.[Pt]. The van der Waals surface area contributed by atoms with Gasteiger partial charge in [-0.25, -0.2) is 4.98 Å². The molecule has 0 atom stereocenters. The van der Waals surface area contributed by atoms with Crippen LogP contribution in [0.15, 0.2) is 134 Å². The van der Waals surface area contributed by atoms with Crippen LogP contribution in [0.4, 0.5) is 17.2 Å². The van der Waals surface area contributed by atoms with Crippen LogP contribution in [-0.4, -0.2) is 15.1 Å². The first-order valence-electron chi connectivity index (χ1n) is 23.7. The van der Waals surface area contributed by atoms with Crippen molar-refractivity contribution >= 4 is 38.6 Å². The Kier molecular flexibility index (Phi) is 13.8. The standard InChI is InChI=1S/C62H68N3OS.Pt/c1-58(2,3)44-26-24-39(25-27-44)53-34-41-28-29-63-55(57(41)67-53)40-20-19-23-49(32-40)65(48-21-17-16-18-22-48)54-35-43(42-30-45(59(4,5)6)36-46(31-42)60(7,8)9)33-52(64-54)50-37-47(61(10,11)12)38-51(56(50)66)62(13,14)15;/h16-31,33-38,66H,1-15H3;/q-1;. The van der Waals surface area contributed by atoms with Crippen molar-refractivity contribution in [1.29, 1.82) is 0 Å². The number of pyridine rings is 2. The Bertz CT molecular complexity index is 3060. The Morgan fingerprint density at radius 2 is 1.12 bits per heavy atom. The van der Waals surface area contributed by atoms with E-state index in [1.54, 1.807) is 11.3 Å². The first-order chi connectivity index (χ1) is 31.3. The van der Waals surface area contributed by atoms with Crippen LogP contribution in [0.2, 0.25) is 0 Å². The Balaban J connectivity index is 0.00000684. The number of phenolic OH excluding ortho intramolecular Hbond substituents is 1. The van der Waals surface area contributed by atoms with Gasteiger partial charge in [-0.1, -0.05) is 171 Å². The maximum Gasteiger partial charge on any atom is 0.137 e. The van der Waals surface area contributed by atoms with Crippen molar-refractivity contribution in [3.63, 3.8) is 0 Å². The Morgan fingerprint density at radius 1 is 0.529 bits per heavy atom. The number of fused-ring (bicyclic) bond motifs is 1. The predicted molar refractivity (Wildman–Crippen MR) is 288 cm³/mol. The maximum atomic E-state index is 12.4. The van der Waals surface area contributed by atoms with Gasteiger partial charge in [0, 0.05) is 59.3 Å². The van der Waals surface area contributed by atoms with Gasteiger partial charge in [0.05, 0.1) is 5.69 Å². The summed E-state index contributed by atoms with van der Waals surface area (Å²) in [6.07, 6.45) is 1.91. The number of rotatable bonds is 7. The van der Waals surface area contributed by atoms with Crippen LogP contribution in [0.3, 0.4) is 0 Å². The quantitative estimate of drug-likeness (QED) is 0.162. The largest absolute Gasteiger partial charge is 0.507 e. The normalized spacial score (nSPS) is 12.6. The monoisotopic (exact) mass is 1100 g/mol. The fraction of sp³-hybridized carbons (Fsp3) is 0.323. The van der Waals surface area contributed by atoms with Crippen molar-refractivity contribution in [2.75, 3.05) is 4.90 Å². The second-order valence-corrected chi connectivity index (χ2v) is 24.5. The summed E-state index contributed by atoms with van der Waals surface area (Å²) < 4.78 is 1.12. The zero-order valence-electron chi connectivity index (χ0n) is 42.7. The molecule has 0 radical (unpaired) electrons. The van der Waals surface area contributed by atoms with E-state index in [9.17, 15) is 5.11 Å². The summed E-state index contributed by atoms with van der Waals surface area (Å²) in [7, 11) is 0. The van der Waals surface area contributed by atoms with Crippen molar-refractivity contribution in [1.82, 2.24) is 9.97 Å². The van der Waals surface area contributed by atoms with Gasteiger partial charge in [0.25, 0.3) is 0 Å². The molecule has 0 saturated heterocycles. The first kappa shape index (κ1) is 50.5. The molecule has 5 aromatic carbocycles. The van der Waals surface area contributed by atoms with Crippen LogP contribution < -0.4 is 4.90 Å². The minimum atomic E-state index is -0.314. The zero-order valence-corrected chi connectivity index (χ0v) is 45.8. The molecule has 0 unspecified atom stereocenters. The van der Waals surface area contributed by atoms with Gasteiger partial charge < -0.3 is 15.0 Å². The van der Waals surface area contributed by atoms with Crippen molar-refractivity contribution in [3.05, 3.63) is 167 Å². The summed E-state index contributed by atoms with van der Waals surface area (Å²) in [5, 5.41) is 13.6. The molecule has 0 fully saturated rings. The molecule has 3 aromatic heterocycles. The third-order valence-corrected chi connectivity index (χ3v) is 14.1. The summed E-state index contributed by atoms with van der Waals surface area (Å²) in [5.74, 6) is 0.973. The number of thiophene rings is 1. The second kappa shape index (κ2) is 18.5. The third-order valence-electron chi connectivity index (χ3n) is 12.9. The van der Waals surface area contributed by atoms with Gasteiger partial charge in [0.1, 0.15) is 11.6 Å². The zero-order chi connectivity index (χ0) is 48.4. The predicted octanol–water partition coefficient (Wildman–Crippen LogP) is 17.8. The van der Waals surface area contributed by atoms with Crippen molar-refractivity contribution in [2.24, 2.45) is 0 Å². The number of anilines is 3. The number of aromatic hydroxyl groups is 1. The molecule has 68 heavy (non-hydrogen) atoms. The van der Waals surface area contributed by atoms with Crippen molar-refractivity contribution in [2.45, 2.75) is 131 Å². The van der Waals surface area contributed by atoms with E-state index in [0.29, 0.717) is 17.1 Å². The number of hydrogen-bond acceptors (Lipinski definition) is 5. The van der Waals surface area contributed by atoms with Gasteiger partial charge in [0.15, 0.2) is 0 Å². The molecule has 8 rings (SSSR count). The molecule has 1 N–H and O–H groups in total. The van der Waals surface area contributed by atoms with Crippen LogP contribution in [0.1, 0.15) is 132 Å². The number of benzene rings is 5. The second-order valence-electron chi connectivity index (χ2n) is 23.5. The van der Waals surface area contributed by atoms with E-state index in [4.69, 9.17) is 9.97 Å². The molecule has 354 valence electrons. The van der Waals surface area contributed by atoms with E-state index < -0.39 is 0 Å². The van der Waals surface area contributed by atoms with E-state index in [-0.39, 0.29) is 53.9 Å². The van der Waals surface area contributed by atoms with Crippen LogP contribution in [0, 0.1) is 6.07 Å². The summed E-state index contributed by atoms with van der Waals surface area (Å²) in [4.78, 5) is 14.0. The van der Waals surface area contributed by atoms with Gasteiger partial charge in [-0.15, -0.1) is 41.2 Å². The molecule has 0 bridgehead atoms. The van der Waals surface area contributed by atoms with Crippen molar-refractivity contribution < 1.29 is 26.2 Å². The number of phenols is 1. The molecule has 0 aliphatic rings. The summed E-state index contributed by atoms with van der Waals surface area (Å²) in [5.41, 5.74) is 13.6. The van der Waals surface area contributed by atoms with Gasteiger partial charge in [-0.2, -0.15) is 0 Å². The number of para-hydroxylation sites is 1. The summed E-state index contributed by atoms with van der Waals surface area (Å²) in [6, 6.07) is 49.7. The number of hydrogen-bond donors (Lipinski definition) is 1. The Morgan fingerprint density at radius 3 is 1.71 bits per heavy atom. The molecule has 0 spiro atoms. The smallest absolute Gasteiger partial charge is 0.137 e. The van der Waals surface area contributed by atoms with Crippen LogP contribution in [0.25, 0.3) is 54.2 Å². The number of aromatic nitrogens is 2. The minimum absolute atomic E-state index is 0. The van der Waals surface area contributed by atoms with Crippen LogP contribution in [-0.2, 0) is 48.1 Å². The van der Waals surface area contributed by atoms with E-state index >= 15 is 0 Å². The molecule has 8 aromatic rings. The minimum Gasteiger partial charge on any atom is -0.507 e. The Labute approximate surface area is 425 Å². The Hall–Kier alpha value is -5.35. The maximum absolute atomic E-state index is 12.4. The first-order valence-corrected chi connectivity index (χ1v) is 24.5. The fourth-order valence-electron chi connectivity index (χ4n) is 8.56. The average molecular weight is 1100 g/mol. The third kappa shape index (κ3) is 10.6. The molecule has 6 heteroatoms. The van der Waals surface area contributed by atoms with E-state index in [1.807, 2.05) is 12.3 Å². The average Bonchev–Trinajstić information content (AvgIpc) is 3.70. The fourth-order valence-corrected chi connectivity index (χ4v) is 9.72. The van der Waals surface area contributed by atoms with Crippen molar-refractivity contribution in [3.8, 4) is 49.8 Å². The van der Waals surface area contributed by atoms with Gasteiger partial charge in [-0.05, 0) is 120 Å². The molecule has 0 amide bonds. The molecular formula is C62H68N3OPtS-. The van der Waals surface area contributed by atoms with E-state index in [0.717, 1.165) is 55.0 Å². The van der Waals surface area contributed by atoms with Crippen LogP contribution in [0.5, 0.6) is 5.75 Å². The van der Waals surface area contributed by atoms with E-state index in [1.165, 1.54) is 27.1 Å². The van der Waals surface area contributed by atoms with Gasteiger partial charge >= 0.3 is 0 Å². The molecule has 0 saturated carbocycles. The van der Waals surface area contributed by atoms with Crippen LogP contribution >= 0.6 is 11.3 Å². The molecular weight excluding hydrogens is 1030 g/mol. The molecule has 0 aliphatic heterocycles. The topological polar surface area (TPSA) is 49.2 Å². The number of nitrogens with zero attached hydrogens (tertiary/aromatic N) is 3. The van der Waals surface area contributed by atoms with E-state index in [2.05, 4.69) is 236 Å². The summed E-state index contributed by atoms with van der Waals surface area (Å²) >= 11 is 1.77.